The van der Waals surface area contributed by atoms with Crippen LogP contribution in [0.2, 0.25) is 0 Å². The van der Waals surface area contributed by atoms with E-state index in [2.05, 4.69) is 113 Å². The maximum Gasteiger partial charge on any atom is 0.339 e. The van der Waals surface area contributed by atoms with E-state index in [1.54, 1.807) is 0 Å². The van der Waals surface area contributed by atoms with Crippen molar-refractivity contribution in [2.75, 3.05) is 7.05 Å². The van der Waals surface area contributed by atoms with Gasteiger partial charge in [0.25, 0.3) is 0 Å². The van der Waals surface area contributed by atoms with Gasteiger partial charge in [-0.3, -0.25) is 4.90 Å². The third-order valence-electron chi connectivity index (χ3n) is 4.76. The first-order valence-corrected chi connectivity index (χ1v) is 10.8. The van der Waals surface area contributed by atoms with Gasteiger partial charge in [0, 0.05) is 34.6 Å². The molecule has 0 aliphatic carbocycles. The van der Waals surface area contributed by atoms with Crippen molar-refractivity contribution in [1.29, 1.82) is 0 Å². The van der Waals surface area contributed by atoms with E-state index >= 15 is 0 Å². The van der Waals surface area contributed by atoms with Crippen molar-refractivity contribution in [3.05, 3.63) is 28.4 Å². The summed E-state index contributed by atoms with van der Waals surface area (Å²) in [6.45, 7) is 8.86. The first-order chi connectivity index (χ1) is 10.4. The highest BCUT2D eigenvalue weighted by Gasteiger charge is 2.44. The Balaban J connectivity index is 2.21. The summed E-state index contributed by atoms with van der Waals surface area (Å²) in [5.74, 6) is -0.202. The van der Waals surface area contributed by atoms with Crippen LogP contribution in [0.1, 0.15) is 50.9 Å². The summed E-state index contributed by atoms with van der Waals surface area (Å²) in [6, 6.07) is 3.99. The zero-order valence-electron chi connectivity index (χ0n) is 14.0. The lowest BCUT2D eigenvalue weighted by Gasteiger charge is -2.53. The molecule has 3 nitrogen and oxygen atoms in total. The number of ether oxygens (including phenoxy) is 1. The third kappa shape index (κ3) is 4.52. The van der Waals surface area contributed by atoms with Crippen LogP contribution in [-0.4, -0.2) is 35.1 Å². The Hall–Kier alpha value is 0.840. The van der Waals surface area contributed by atoms with Crippen molar-refractivity contribution >= 4 is 73.7 Å². The molecule has 23 heavy (non-hydrogen) atoms. The Labute approximate surface area is 179 Å². The lowest BCUT2D eigenvalue weighted by atomic mass is 9.79. The predicted octanol–water partition coefficient (Wildman–Crippen LogP) is 5.31. The van der Waals surface area contributed by atoms with Crippen LogP contribution in [0.3, 0.4) is 0 Å². The smallest absolute Gasteiger partial charge is 0.339 e. The standard InChI is InChI=1S/C17H22I3NO2/c1-16(2)8-11(9-17(3,4)21(16)5)23-15(22)12-6-10(18)7-13(19)14(12)20/h6-7,11H,8-9H2,1-5H3. The molecule has 0 atom stereocenters. The van der Waals surface area contributed by atoms with Crippen molar-refractivity contribution in [1.82, 2.24) is 4.90 Å². The van der Waals surface area contributed by atoms with Crippen molar-refractivity contribution in [3.8, 4) is 0 Å². The summed E-state index contributed by atoms with van der Waals surface area (Å²) in [5, 5.41) is 0. The van der Waals surface area contributed by atoms with Gasteiger partial charge in [0.1, 0.15) is 6.10 Å². The van der Waals surface area contributed by atoms with Crippen molar-refractivity contribution < 1.29 is 9.53 Å². The van der Waals surface area contributed by atoms with Crippen molar-refractivity contribution in [3.63, 3.8) is 0 Å². The highest BCUT2D eigenvalue weighted by atomic mass is 127. The molecule has 0 N–H and O–H groups in total. The van der Waals surface area contributed by atoms with E-state index in [-0.39, 0.29) is 23.2 Å². The Kier molecular flexibility index (Phi) is 6.33. The van der Waals surface area contributed by atoms with Crippen LogP contribution in [0.25, 0.3) is 0 Å². The minimum atomic E-state index is -0.202. The topological polar surface area (TPSA) is 29.5 Å². The number of carbonyl (C=O) groups excluding carboxylic acids is 1. The summed E-state index contributed by atoms with van der Waals surface area (Å²) in [7, 11) is 2.16. The van der Waals surface area contributed by atoms with Crippen LogP contribution in [0.15, 0.2) is 12.1 Å². The zero-order chi connectivity index (χ0) is 17.6. The van der Waals surface area contributed by atoms with Gasteiger partial charge in [-0.25, -0.2) is 4.79 Å². The molecule has 0 amide bonds. The van der Waals surface area contributed by atoms with Gasteiger partial charge in [-0.2, -0.15) is 0 Å². The minimum absolute atomic E-state index is 0.0133. The Morgan fingerprint density at radius 1 is 1.13 bits per heavy atom. The van der Waals surface area contributed by atoms with Crippen LogP contribution in [0, 0.1) is 10.7 Å². The maximum absolute atomic E-state index is 12.7. The van der Waals surface area contributed by atoms with Crippen LogP contribution in [0.5, 0.6) is 0 Å². The van der Waals surface area contributed by atoms with Crippen LogP contribution in [-0.2, 0) is 4.74 Å². The van der Waals surface area contributed by atoms with E-state index in [1.165, 1.54) is 0 Å². The molecule has 0 bridgehead atoms. The largest absolute Gasteiger partial charge is 0.459 e. The number of halogens is 3. The van der Waals surface area contributed by atoms with Gasteiger partial charge < -0.3 is 4.74 Å². The van der Waals surface area contributed by atoms with Gasteiger partial charge in [0.2, 0.25) is 0 Å². The van der Waals surface area contributed by atoms with Crippen LogP contribution in [0.4, 0.5) is 0 Å². The maximum atomic E-state index is 12.7. The second kappa shape index (κ2) is 7.22. The molecular weight excluding hydrogens is 631 g/mol. The average molecular weight is 653 g/mol. The monoisotopic (exact) mass is 653 g/mol. The number of esters is 1. The lowest BCUT2D eigenvalue weighted by Crippen LogP contribution is -2.60. The van der Waals surface area contributed by atoms with E-state index in [4.69, 9.17) is 4.74 Å². The number of benzene rings is 1. The number of piperidine rings is 1. The lowest BCUT2D eigenvalue weighted by molar-refractivity contribution is -0.0732. The molecule has 6 heteroatoms. The number of rotatable bonds is 2. The molecular formula is C17H22I3NO2. The second-order valence-electron chi connectivity index (χ2n) is 7.37. The predicted molar refractivity (Wildman–Crippen MR) is 119 cm³/mol. The Morgan fingerprint density at radius 2 is 1.65 bits per heavy atom. The van der Waals surface area contributed by atoms with Gasteiger partial charge in [-0.1, -0.05) is 0 Å². The molecule has 0 aromatic heterocycles. The van der Waals surface area contributed by atoms with Crippen LogP contribution < -0.4 is 0 Å². The van der Waals surface area contributed by atoms with Gasteiger partial charge in [-0.15, -0.1) is 0 Å². The molecule has 2 rings (SSSR count). The quantitative estimate of drug-likeness (QED) is 0.247. The number of likely N-dealkylation sites (tertiary alicyclic amines) is 1. The first-order valence-electron chi connectivity index (χ1n) is 7.53. The van der Waals surface area contributed by atoms with E-state index in [0.717, 1.165) is 23.6 Å². The fraction of sp³-hybridized carbons (Fsp3) is 0.588. The fourth-order valence-electron chi connectivity index (χ4n) is 3.28. The molecule has 1 aromatic rings. The molecule has 0 spiro atoms. The zero-order valence-corrected chi connectivity index (χ0v) is 20.5. The van der Waals surface area contributed by atoms with Gasteiger partial charge >= 0.3 is 5.97 Å². The SMILES string of the molecule is CN1C(C)(C)CC(OC(=O)c2cc(I)cc(I)c2I)CC1(C)C. The van der Waals surface area contributed by atoms with E-state index < -0.39 is 0 Å². The number of carbonyl (C=O) groups is 1. The average Bonchev–Trinajstić information content (AvgIpc) is 2.39. The summed E-state index contributed by atoms with van der Waals surface area (Å²) < 4.78 is 9.03. The number of hydrogen-bond acceptors (Lipinski definition) is 3. The number of nitrogens with zero attached hydrogens (tertiary/aromatic N) is 1. The molecule has 1 fully saturated rings. The third-order valence-corrected chi connectivity index (χ3v) is 8.42. The molecule has 0 unspecified atom stereocenters. The van der Waals surface area contributed by atoms with Crippen LogP contribution >= 0.6 is 67.8 Å². The van der Waals surface area contributed by atoms with Gasteiger partial charge in [-0.05, 0) is 115 Å². The highest BCUT2D eigenvalue weighted by Crippen LogP contribution is 2.38. The van der Waals surface area contributed by atoms with Gasteiger partial charge in [0.15, 0.2) is 0 Å². The molecule has 128 valence electrons. The molecule has 1 saturated heterocycles. The Bertz CT molecular complexity index is 611. The second-order valence-corrected chi connectivity index (χ2v) is 10.9. The summed E-state index contributed by atoms with van der Waals surface area (Å²) >= 11 is 6.74. The van der Waals surface area contributed by atoms with E-state index in [9.17, 15) is 4.79 Å². The van der Waals surface area contributed by atoms with Crippen molar-refractivity contribution in [2.24, 2.45) is 0 Å². The summed E-state index contributed by atoms with van der Waals surface area (Å²) in [6.07, 6.45) is 1.67. The van der Waals surface area contributed by atoms with E-state index in [0.29, 0.717) is 5.56 Å². The molecule has 1 aromatic carbocycles. The van der Waals surface area contributed by atoms with Crippen molar-refractivity contribution in [2.45, 2.75) is 57.7 Å². The molecule has 1 aliphatic heterocycles. The molecule has 0 saturated carbocycles. The molecule has 1 aliphatic rings. The Morgan fingerprint density at radius 3 is 2.17 bits per heavy atom. The molecule has 1 heterocycles. The molecule has 0 radical (unpaired) electrons. The van der Waals surface area contributed by atoms with E-state index in [1.807, 2.05) is 6.07 Å². The fourth-order valence-corrected chi connectivity index (χ4v) is 5.66. The normalized spacial score (nSPS) is 21.2. The minimum Gasteiger partial charge on any atom is -0.459 e. The van der Waals surface area contributed by atoms with Gasteiger partial charge in [0.05, 0.1) is 5.56 Å². The summed E-state index contributed by atoms with van der Waals surface area (Å²) in [5.41, 5.74) is 0.704. The highest BCUT2D eigenvalue weighted by molar-refractivity contribution is 14.1. The summed E-state index contributed by atoms with van der Waals surface area (Å²) in [4.78, 5) is 15.1. The number of hydrogen-bond donors (Lipinski definition) is 0. The first kappa shape index (κ1) is 20.2.